The van der Waals surface area contributed by atoms with Gasteiger partial charge in [0.1, 0.15) is 0 Å². The van der Waals surface area contributed by atoms with Crippen LogP contribution < -0.4 is 20.2 Å². The van der Waals surface area contributed by atoms with Crippen molar-refractivity contribution in [1.82, 2.24) is 10.7 Å². The van der Waals surface area contributed by atoms with Gasteiger partial charge in [0.05, 0.1) is 35.5 Å². The van der Waals surface area contributed by atoms with Crippen LogP contribution in [0.1, 0.15) is 26.3 Å². The highest BCUT2D eigenvalue weighted by Crippen LogP contribution is 2.29. The van der Waals surface area contributed by atoms with E-state index in [0.29, 0.717) is 16.1 Å². The Bertz CT molecular complexity index is 1300. The number of halogens is 3. The molecule has 0 aromatic heterocycles. The zero-order chi connectivity index (χ0) is 25.4. The standard InChI is InChI=1S/C24H18BrCl2N3O5/c1-34-21-9-14(5-8-20(21)35-24(33)16-6-7-18(26)19(27)11-16)12-29-30-22(31)13-28-23(32)15-3-2-4-17(25)10-15/h2-12H,13H2,1H3,(H,28,32)(H,30,31). The fourth-order valence-electron chi connectivity index (χ4n) is 2.74. The molecule has 2 amide bonds. The largest absolute Gasteiger partial charge is 0.493 e. The molecule has 3 aromatic carbocycles. The summed E-state index contributed by atoms with van der Waals surface area (Å²) in [5, 5.41) is 6.93. The fraction of sp³-hybridized carbons (Fsp3) is 0.0833. The molecular weight excluding hydrogens is 561 g/mol. The number of nitrogens with zero attached hydrogens (tertiary/aromatic N) is 1. The molecule has 0 heterocycles. The van der Waals surface area contributed by atoms with Crippen LogP contribution >= 0.6 is 39.1 Å². The monoisotopic (exact) mass is 577 g/mol. The van der Waals surface area contributed by atoms with Gasteiger partial charge in [-0.15, -0.1) is 0 Å². The van der Waals surface area contributed by atoms with Crippen molar-refractivity contribution in [3.8, 4) is 11.5 Å². The van der Waals surface area contributed by atoms with Crippen LogP contribution in [-0.2, 0) is 4.79 Å². The van der Waals surface area contributed by atoms with E-state index < -0.39 is 11.9 Å². The highest BCUT2D eigenvalue weighted by molar-refractivity contribution is 9.10. The summed E-state index contributed by atoms with van der Waals surface area (Å²) in [6.07, 6.45) is 1.38. The Morgan fingerprint density at radius 1 is 0.971 bits per heavy atom. The van der Waals surface area contributed by atoms with E-state index in [0.717, 1.165) is 4.47 Å². The highest BCUT2D eigenvalue weighted by atomic mass is 79.9. The third kappa shape index (κ3) is 7.54. The summed E-state index contributed by atoms with van der Waals surface area (Å²) in [6.45, 7) is -0.254. The average molecular weight is 579 g/mol. The van der Waals surface area contributed by atoms with E-state index in [9.17, 15) is 14.4 Å². The van der Waals surface area contributed by atoms with Gasteiger partial charge in [-0.2, -0.15) is 5.10 Å². The van der Waals surface area contributed by atoms with Gasteiger partial charge >= 0.3 is 5.97 Å². The van der Waals surface area contributed by atoms with Gasteiger partial charge in [0, 0.05) is 10.0 Å². The van der Waals surface area contributed by atoms with Crippen LogP contribution in [0.25, 0.3) is 0 Å². The minimum absolute atomic E-state index is 0.181. The second-order valence-corrected chi connectivity index (χ2v) is 8.64. The molecule has 0 radical (unpaired) electrons. The number of amides is 2. The SMILES string of the molecule is COc1cc(C=NNC(=O)CNC(=O)c2cccc(Br)c2)ccc1OC(=O)c1ccc(Cl)c(Cl)c1. The van der Waals surface area contributed by atoms with Crippen molar-refractivity contribution >= 4 is 63.1 Å². The first-order valence-electron chi connectivity index (χ1n) is 9.97. The zero-order valence-electron chi connectivity index (χ0n) is 18.2. The van der Waals surface area contributed by atoms with Crippen molar-refractivity contribution < 1.29 is 23.9 Å². The lowest BCUT2D eigenvalue weighted by Gasteiger charge is -2.10. The smallest absolute Gasteiger partial charge is 0.343 e. The first-order chi connectivity index (χ1) is 16.8. The van der Waals surface area contributed by atoms with E-state index in [-0.39, 0.29) is 34.5 Å². The number of hydrogen-bond donors (Lipinski definition) is 2. The maximum absolute atomic E-state index is 12.4. The van der Waals surface area contributed by atoms with Crippen LogP contribution in [0.3, 0.4) is 0 Å². The molecule has 3 aromatic rings. The van der Waals surface area contributed by atoms with E-state index in [1.165, 1.54) is 37.6 Å². The first-order valence-corrected chi connectivity index (χ1v) is 11.5. The van der Waals surface area contributed by atoms with E-state index in [4.69, 9.17) is 32.7 Å². The Labute approximate surface area is 219 Å². The van der Waals surface area contributed by atoms with Crippen LogP contribution in [-0.4, -0.2) is 37.7 Å². The summed E-state index contributed by atoms with van der Waals surface area (Å²) in [6, 6.07) is 15.9. The van der Waals surface area contributed by atoms with Gasteiger partial charge in [0.25, 0.3) is 11.8 Å². The number of ether oxygens (including phenoxy) is 2. The summed E-state index contributed by atoms with van der Waals surface area (Å²) in [4.78, 5) is 36.5. The van der Waals surface area contributed by atoms with Gasteiger partial charge in [0.15, 0.2) is 11.5 Å². The molecule has 0 fully saturated rings. The molecule has 0 unspecified atom stereocenters. The lowest BCUT2D eigenvalue weighted by molar-refractivity contribution is -0.120. The molecule has 0 atom stereocenters. The Balaban J connectivity index is 1.55. The van der Waals surface area contributed by atoms with Crippen molar-refractivity contribution in [2.75, 3.05) is 13.7 Å². The molecule has 0 aliphatic rings. The van der Waals surface area contributed by atoms with E-state index in [1.54, 1.807) is 36.4 Å². The summed E-state index contributed by atoms with van der Waals surface area (Å²) in [5.74, 6) is -1.08. The van der Waals surface area contributed by atoms with Crippen molar-refractivity contribution in [1.29, 1.82) is 0 Å². The summed E-state index contributed by atoms with van der Waals surface area (Å²) in [7, 11) is 1.42. The molecule has 11 heteroatoms. The lowest BCUT2D eigenvalue weighted by atomic mass is 10.2. The van der Waals surface area contributed by atoms with Crippen LogP contribution in [0.5, 0.6) is 11.5 Å². The predicted octanol–water partition coefficient (Wildman–Crippen LogP) is 4.86. The second-order valence-electron chi connectivity index (χ2n) is 6.91. The van der Waals surface area contributed by atoms with Gasteiger partial charge < -0.3 is 14.8 Å². The first kappa shape index (κ1) is 26.2. The Kier molecular flexibility index (Phi) is 9.25. The predicted molar refractivity (Wildman–Crippen MR) is 137 cm³/mol. The average Bonchev–Trinajstić information content (AvgIpc) is 2.84. The van der Waals surface area contributed by atoms with Gasteiger partial charge in [-0.25, -0.2) is 10.2 Å². The lowest BCUT2D eigenvalue weighted by Crippen LogP contribution is -2.34. The number of benzene rings is 3. The Morgan fingerprint density at radius 3 is 2.49 bits per heavy atom. The number of hydrogen-bond acceptors (Lipinski definition) is 6. The number of nitrogens with one attached hydrogen (secondary N) is 2. The van der Waals surface area contributed by atoms with Crippen molar-refractivity contribution in [2.45, 2.75) is 0 Å². The van der Waals surface area contributed by atoms with E-state index >= 15 is 0 Å². The number of rotatable bonds is 8. The molecule has 0 spiro atoms. The quantitative estimate of drug-likeness (QED) is 0.172. The van der Waals surface area contributed by atoms with Gasteiger partial charge in [0.2, 0.25) is 0 Å². The fourth-order valence-corrected chi connectivity index (χ4v) is 3.44. The molecule has 0 aliphatic heterocycles. The summed E-state index contributed by atoms with van der Waals surface area (Å²) < 4.78 is 11.4. The van der Waals surface area contributed by atoms with Crippen LogP contribution in [0.15, 0.2) is 70.2 Å². The molecule has 2 N–H and O–H groups in total. The molecule has 180 valence electrons. The van der Waals surface area contributed by atoms with Crippen molar-refractivity contribution in [3.05, 3.63) is 91.9 Å². The summed E-state index contributed by atoms with van der Waals surface area (Å²) in [5.41, 5.74) is 3.53. The minimum atomic E-state index is -0.638. The van der Waals surface area contributed by atoms with Crippen molar-refractivity contribution in [3.63, 3.8) is 0 Å². The molecule has 3 rings (SSSR count). The molecule has 0 bridgehead atoms. The number of carbonyl (C=O) groups is 3. The van der Waals surface area contributed by atoms with Gasteiger partial charge in [-0.05, 0) is 60.2 Å². The van der Waals surface area contributed by atoms with E-state index in [2.05, 4.69) is 31.8 Å². The Morgan fingerprint density at radius 2 is 1.77 bits per heavy atom. The molecule has 8 nitrogen and oxygen atoms in total. The topological polar surface area (TPSA) is 106 Å². The second kappa shape index (κ2) is 12.3. The van der Waals surface area contributed by atoms with Crippen LogP contribution in [0.4, 0.5) is 0 Å². The minimum Gasteiger partial charge on any atom is -0.493 e. The van der Waals surface area contributed by atoms with Gasteiger partial charge in [-0.1, -0.05) is 45.2 Å². The number of carbonyl (C=O) groups excluding carboxylic acids is 3. The molecule has 35 heavy (non-hydrogen) atoms. The van der Waals surface area contributed by atoms with Crippen LogP contribution in [0.2, 0.25) is 10.0 Å². The number of methoxy groups -OCH3 is 1. The molecule has 0 aliphatic carbocycles. The normalized spacial score (nSPS) is 10.6. The van der Waals surface area contributed by atoms with Crippen LogP contribution in [0, 0.1) is 0 Å². The number of hydrazone groups is 1. The Hall–Kier alpha value is -3.40. The third-order valence-corrected chi connectivity index (χ3v) is 5.68. The highest BCUT2D eigenvalue weighted by Gasteiger charge is 2.14. The van der Waals surface area contributed by atoms with Gasteiger partial charge in [-0.3, -0.25) is 9.59 Å². The van der Waals surface area contributed by atoms with E-state index in [1.807, 2.05) is 0 Å². The maximum atomic E-state index is 12.4. The van der Waals surface area contributed by atoms with Crippen molar-refractivity contribution in [2.24, 2.45) is 5.10 Å². The molecule has 0 saturated heterocycles. The zero-order valence-corrected chi connectivity index (χ0v) is 21.3. The summed E-state index contributed by atoms with van der Waals surface area (Å²) >= 11 is 15.1. The number of esters is 1. The molecule has 0 saturated carbocycles. The third-order valence-electron chi connectivity index (χ3n) is 4.44. The molecular formula is C24H18BrCl2N3O5. The maximum Gasteiger partial charge on any atom is 0.343 e.